The molecule has 0 amide bonds. The van der Waals surface area contributed by atoms with Crippen molar-refractivity contribution in [2.24, 2.45) is 0 Å². The van der Waals surface area contributed by atoms with Gasteiger partial charge in [0.05, 0.1) is 0 Å². The van der Waals surface area contributed by atoms with Crippen molar-refractivity contribution in [2.75, 3.05) is 7.05 Å². The molecule has 1 heterocycles. The van der Waals surface area contributed by atoms with Gasteiger partial charge in [0.15, 0.2) is 0 Å². The Bertz CT molecular complexity index is 507. The van der Waals surface area contributed by atoms with E-state index in [2.05, 4.69) is 63.2 Å². The predicted octanol–water partition coefficient (Wildman–Crippen LogP) is 4.71. The third-order valence-corrected chi connectivity index (χ3v) is 4.92. The zero-order chi connectivity index (χ0) is 13.0. The first-order valence-electron chi connectivity index (χ1n) is 6.15. The first-order valence-corrected chi connectivity index (χ1v) is 7.88. The van der Waals surface area contributed by atoms with Gasteiger partial charge in [-0.1, -0.05) is 29.8 Å². The van der Waals surface area contributed by atoms with Gasteiger partial charge in [-0.05, 0) is 59.2 Å². The molecule has 0 aliphatic carbocycles. The summed E-state index contributed by atoms with van der Waals surface area (Å²) in [5.74, 6) is 0. The highest BCUT2D eigenvalue weighted by Gasteiger charge is 2.13. The maximum absolute atomic E-state index is 3.62. The summed E-state index contributed by atoms with van der Waals surface area (Å²) in [6.07, 6.45) is 2.23. The van der Waals surface area contributed by atoms with Crippen molar-refractivity contribution in [3.05, 3.63) is 56.2 Å². The highest BCUT2D eigenvalue weighted by Crippen LogP contribution is 2.29. The van der Waals surface area contributed by atoms with Gasteiger partial charge < -0.3 is 5.32 Å². The molecule has 0 saturated carbocycles. The molecule has 1 N–H and O–H groups in total. The van der Waals surface area contributed by atoms with Crippen LogP contribution in [0.15, 0.2) is 39.5 Å². The van der Waals surface area contributed by atoms with E-state index >= 15 is 0 Å². The Morgan fingerprint density at radius 2 is 2.17 bits per heavy atom. The molecule has 0 spiro atoms. The Kier molecular flexibility index (Phi) is 4.98. The molecule has 0 radical (unpaired) electrons. The quantitative estimate of drug-likeness (QED) is 0.840. The van der Waals surface area contributed by atoms with Crippen LogP contribution in [-0.4, -0.2) is 7.05 Å². The van der Waals surface area contributed by atoms with E-state index in [4.69, 9.17) is 0 Å². The van der Waals surface area contributed by atoms with Gasteiger partial charge in [-0.2, -0.15) is 11.3 Å². The molecular weight excluding hydrogens is 306 g/mol. The van der Waals surface area contributed by atoms with Gasteiger partial charge in [0.2, 0.25) is 0 Å². The molecule has 2 rings (SSSR count). The van der Waals surface area contributed by atoms with Gasteiger partial charge in [-0.15, -0.1) is 0 Å². The lowest BCUT2D eigenvalue weighted by atomic mass is 10.0. The van der Waals surface area contributed by atoms with Gasteiger partial charge in [-0.3, -0.25) is 0 Å². The lowest BCUT2D eigenvalue weighted by Gasteiger charge is -2.16. The van der Waals surface area contributed by atoms with Crippen LogP contribution >= 0.6 is 27.3 Å². The summed E-state index contributed by atoms with van der Waals surface area (Å²) in [4.78, 5) is 0. The second kappa shape index (κ2) is 6.50. The summed E-state index contributed by atoms with van der Waals surface area (Å²) in [6, 6.07) is 9.19. The Labute approximate surface area is 121 Å². The Morgan fingerprint density at radius 1 is 1.33 bits per heavy atom. The number of halogens is 1. The number of rotatable bonds is 5. The molecule has 1 aromatic carbocycles. The summed E-state index contributed by atoms with van der Waals surface area (Å²) < 4.78 is 1.22. The predicted molar refractivity (Wildman–Crippen MR) is 83.3 cm³/mol. The largest absolute Gasteiger partial charge is 0.313 e. The molecule has 0 bridgehead atoms. The zero-order valence-electron chi connectivity index (χ0n) is 10.7. The average Bonchev–Trinajstić information content (AvgIpc) is 2.77. The maximum atomic E-state index is 3.62. The van der Waals surface area contributed by atoms with Crippen molar-refractivity contribution in [1.82, 2.24) is 5.32 Å². The smallest absolute Gasteiger partial charge is 0.0340 e. The molecule has 0 fully saturated rings. The molecule has 1 unspecified atom stereocenters. The first-order chi connectivity index (χ1) is 8.70. The SMILES string of the molecule is CNC(CCc1cccc(C)c1)c1cscc1Br. The van der Waals surface area contributed by atoms with E-state index in [1.54, 1.807) is 11.3 Å². The molecule has 0 saturated heterocycles. The summed E-state index contributed by atoms with van der Waals surface area (Å²) in [7, 11) is 2.03. The highest BCUT2D eigenvalue weighted by molar-refractivity contribution is 9.10. The maximum Gasteiger partial charge on any atom is 0.0340 e. The summed E-state index contributed by atoms with van der Waals surface area (Å²) in [5.41, 5.74) is 4.13. The second-order valence-electron chi connectivity index (χ2n) is 4.54. The molecule has 1 aromatic heterocycles. The van der Waals surface area contributed by atoms with Crippen LogP contribution in [0.2, 0.25) is 0 Å². The minimum absolute atomic E-state index is 0.422. The molecule has 2 aromatic rings. The van der Waals surface area contributed by atoms with E-state index in [0.29, 0.717) is 6.04 Å². The molecule has 0 aliphatic heterocycles. The molecular formula is C15H18BrNS. The third kappa shape index (κ3) is 3.44. The van der Waals surface area contributed by atoms with Crippen molar-refractivity contribution in [3.63, 3.8) is 0 Å². The van der Waals surface area contributed by atoms with Crippen LogP contribution in [0.3, 0.4) is 0 Å². The number of aryl methyl sites for hydroxylation is 2. The van der Waals surface area contributed by atoms with E-state index in [1.807, 2.05) is 7.05 Å². The number of benzene rings is 1. The number of nitrogens with one attached hydrogen (secondary N) is 1. The standard InChI is InChI=1S/C15H18BrNS/c1-11-4-3-5-12(8-11)6-7-15(17-2)13-9-18-10-14(13)16/h3-5,8-10,15,17H,6-7H2,1-2H3. The highest BCUT2D eigenvalue weighted by atomic mass is 79.9. The molecule has 1 atom stereocenters. The Balaban J connectivity index is 2.02. The lowest BCUT2D eigenvalue weighted by molar-refractivity contribution is 0.549. The van der Waals surface area contributed by atoms with Crippen molar-refractivity contribution in [1.29, 1.82) is 0 Å². The molecule has 18 heavy (non-hydrogen) atoms. The Morgan fingerprint density at radius 3 is 2.78 bits per heavy atom. The van der Waals surface area contributed by atoms with E-state index in [0.717, 1.165) is 12.8 Å². The minimum Gasteiger partial charge on any atom is -0.313 e. The van der Waals surface area contributed by atoms with E-state index < -0.39 is 0 Å². The fourth-order valence-corrected chi connectivity index (χ4v) is 3.80. The van der Waals surface area contributed by atoms with Gasteiger partial charge in [0.25, 0.3) is 0 Å². The average molecular weight is 324 g/mol. The zero-order valence-corrected chi connectivity index (χ0v) is 13.1. The third-order valence-electron chi connectivity index (χ3n) is 3.17. The summed E-state index contributed by atoms with van der Waals surface area (Å²) in [5, 5.41) is 7.78. The van der Waals surface area contributed by atoms with Gasteiger partial charge >= 0.3 is 0 Å². The monoisotopic (exact) mass is 323 g/mol. The van der Waals surface area contributed by atoms with E-state index in [9.17, 15) is 0 Å². The van der Waals surface area contributed by atoms with Crippen LogP contribution in [0.1, 0.15) is 29.2 Å². The molecule has 0 aliphatic rings. The van der Waals surface area contributed by atoms with Crippen LogP contribution in [0.25, 0.3) is 0 Å². The number of thiophene rings is 1. The summed E-state index contributed by atoms with van der Waals surface area (Å²) >= 11 is 5.36. The van der Waals surface area contributed by atoms with E-state index in [1.165, 1.54) is 21.2 Å². The van der Waals surface area contributed by atoms with Crippen molar-refractivity contribution in [3.8, 4) is 0 Å². The van der Waals surface area contributed by atoms with Crippen LogP contribution < -0.4 is 5.32 Å². The van der Waals surface area contributed by atoms with Crippen molar-refractivity contribution in [2.45, 2.75) is 25.8 Å². The van der Waals surface area contributed by atoms with Gasteiger partial charge in [-0.25, -0.2) is 0 Å². The second-order valence-corrected chi connectivity index (χ2v) is 6.14. The lowest BCUT2D eigenvalue weighted by Crippen LogP contribution is -2.16. The fourth-order valence-electron chi connectivity index (χ4n) is 2.17. The number of hydrogen-bond donors (Lipinski definition) is 1. The summed E-state index contributed by atoms with van der Waals surface area (Å²) in [6.45, 7) is 2.15. The van der Waals surface area contributed by atoms with Crippen LogP contribution in [0.4, 0.5) is 0 Å². The number of hydrogen-bond acceptors (Lipinski definition) is 2. The van der Waals surface area contributed by atoms with Crippen molar-refractivity contribution < 1.29 is 0 Å². The Hall–Kier alpha value is -0.640. The first kappa shape index (κ1) is 13.8. The fraction of sp³-hybridized carbons (Fsp3) is 0.333. The molecule has 3 heteroatoms. The topological polar surface area (TPSA) is 12.0 Å². The van der Waals surface area contributed by atoms with Gasteiger partial charge in [0.1, 0.15) is 0 Å². The molecule has 1 nitrogen and oxygen atoms in total. The minimum atomic E-state index is 0.422. The molecule has 96 valence electrons. The van der Waals surface area contributed by atoms with Crippen LogP contribution in [0.5, 0.6) is 0 Å². The van der Waals surface area contributed by atoms with Gasteiger partial charge in [0, 0.05) is 15.9 Å². The van der Waals surface area contributed by atoms with Crippen LogP contribution in [0, 0.1) is 6.92 Å². The normalized spacial score (nSPS) is 12.6. The van der Waals surface area contributed by atoms with Crippen LogP contribution in [-0.2, 0) is 6.42 Å². The van der Waals surface area contributed by atoms with Crippen molar-refractivity contribution >= 4 is 27.3 Å². The van der Waals surface area contributed by atoms with E-state index in [-0.39, 0.29) is 0 Å².